The average molecular weight is 453 g/mol. The summed E-state index contributed by atoms with van der Waals surface area (Å²) in [6, 6.07) is 17.4. The third-order valence-corrected chi connectivity index (χ3v) is 7.32. The Hall–Kier alpha value is -2.44. The third kappa shape index (κ3) is 9.43. The fourth-order valence-corrected chi connectivity index (χ4v) is 5.07. The highest BCUT2D eigenvalue weighted by Gasteiger charge is 2.21. The van der Waals surface area contributed by atoms with Crippen molar-refractivity contribution in [3.05, 3.63) is 70.8 Å². The fraction of sp³-hybridized carbons (Fsp3) is 0.529. The zero-order valence-electron chi connectivity index (χ0n) is 21.7. The van der Waals surface area contributed by atoms with Gasteiger partial charge in [-0.15, -0.1) is 0 Å². The van der Waals surface area contributed by atoms with Crippen molar-refractivity contribution in [3.63, 3.8) is 0 Å². The van der Waals surface area contributed by atoms with Crippen LogP contribution < -0.4 is 0 Å². The maximum absolute atomic E-state index is 3.34. The van der Waals surface area contributed by atoms with Crippen molar-refractivity contribution in [3.8, 4) is 23.7 Å². The highest BCUT2D eigenvalue weighted by atomic mass is 14.3. The zero-order chi connectivity index (χ0) is 23.8. The van der Waals surface area contributed by atoms with Gasteiger partial charge in [-0.25, -0.2) is 0 Å². The predicted molar refractivity (Wildman–Crippen MR) is 148 cm³/mol. The molecule has 2 aromatic rings. The molecular weight excluding hydrogens is 408 g/mol. The molecule has 0 heteroatoms. The molecule has 180 valence electrons. The molecule has 1 aliphatic carbocycles. The molecule has 0 spiro atoms. The molecule has 0 aromatic heterocycles. The molecule has 0 saturated heterocycles. The summed E-state index contributed by atoms with van der Waals surface area (Å²) < 4.78 is 0. The van der Waals surface area contributed by atoms with Crippen LogP contribution in [0, 0.1) is 29.6 Å². The molecular formula is C34H44. The van der Waals surface area contributed by atoms with E-state index in [1.165, 1.54) is 89.0 Å². The maximum atomic E-state index is 3.34. The first-order valence-electron chi connectivity index (χ1n) is 14.0. The summed E-state index contributed by atoms with van der Waals surface area (Å²) in [7, 11) is 0. The molecule has 3 rings (SSSR count). The van der Waals surface area contributed by atoms with Gasteiger partial charge in [0.15, 0.2) is 0 Å². The number of unbranched alkanes of at least 4 members (excludes halogenated alkanes) is 7. The van der Waals surface area contributed by atoms with E-state index in [4.69, 9.17) is 0 Å². The van der Waals surface area contributed by atoms with E-state index in [1.54, 1.807) is 0 Å². The van der Waals surface area contributed by atoms with Gasteiger partial charge in [0.25, 0.3) is 0 Å². The first-order chi connectivity index (χ1) is 16.8. The largest absolute Gasteiger partial charge is 0.0979 e. The number of benzene rings is 2. The Bertz CT molecular complexity index is 932. The van der Waals surface area contributed by atoms with Gasteiger partial charge in [0, 0.05) is 23.1 Å². The van der Waals surface area contributed by atoms with Gasteiger partial charge in [-0.2, -0.15) is 0 Å². The number of rotatable bonds is 10. The topological polar surface area (TPSA) is 0 Å². The minimum Gasteiger partial charge on any atom is -0.0979 e. The van der Waals surface area contributed by atoms with E-state index >= 15 is 0 Å². The van der Waals surface area contributed by atoms with E-state index in [-0.39, 0.29) is 0 Å². The highest BCUT2D eigenvalue weighted by molar-refractivity contribution is 5.46. The summed E-state index contributed by atoms with van der Waals surface area (Å²) >= 11 is 0. The minimum absolute atomic E-state index is 0.744. The van der Waals surface area contributed by atoms with Gasteiger partial charge in [0.2, 0.25) is 0 Å². The van der Waals surface area contributed by atoms with Gasteiger partial charge in [-0.05, 0) is 85.9 Å². The van der Waals surface area contributed by atoms with Crippen LogP contribution in [0.2, 0.25) is 0 Å². The molecule has 2 aromatic carbocycles. The molecule has 0 heterocycles. The Morgan fingerprint density at radius 2 is 1.12 bits per heavy atom. The smallest absolute Gasteiger partial charge is 0.0249 e. The molecule has 1 aliphatic rings. The van der Waals surface area contributed by atoms with Gasteiger partial charge < -0.3 is 0 Å². The minimum atomic E-state index is 0.744. The molecule has 1 saturated carbocycles. The molecule has 0 atom stereocenters. The SMILES string of the molecule is CCCCCC#Cc1ccc(C#Cc2ccc(C3CCC(CCCCCCC)CC3)cc2)cc1. The van der Waals surface area contributed by atoms with Crippen molar-refractivity contribution in [1.29, 1.82) is 0 Å². The first kappa shape index (κ1) is 26.2. The van der Waals surface area contributed by atoms with Crippen LogP contribution in [0.25, 0.3) is 0 Å². The molecule has 1 fully saturated rings. The summed E-state index contributed by atoms with van der Waals surface area (Å²) in [5, 5.41) is 0. The molecule has 0 N–H and O–H groups in total. The van der Waals surface area contributed by atoms with Crippen LogP contribution in [0.15, 0.2) is 48.5 Å². The fourth-order valence-electron chi connectivity index (χ4n) is 5.07. The molecule has 0 bridgehead atoms. The first-order valence-corrected chi connectivity index (χ1v) is 14.0. The highest BCUT2D eigenvalue weighted by Crippen LogP contribution is 2.37. The van der Waals surface area contributed by atoms with Crippen molar-refractivity contribution in [2.24, 2.45) is 5.92 Å². The van der Waals surface area contributed by atoms with E-state index in [9.17, 15) is 0 Å². The lowest BCUT2D eigenvalue weighted by Gasteiger charge is -2.29. The lowest BCUT2D eigenvalue weighted by molar-refractivity contribution is 0.302. The summed E-state index contributed by atoms with van der Waals surface area (Å²) in [5.74, 6) is 14.9. The number of hydrogen-bond donors (Lipinski definition) is 0. The molecule has 0 radical (unpaired) electrons. The second-order valence-electron chi connectivity index (χ2n) is 10.1. The summed E-state index contributed by atoms with van der Waals surface area (Å²) in [5.41, 5.74) is 4.74. The molecule has 34 heavy (non-hydrogen) atoms. The molecule has 0 nitrogen and oxygen atoms in total. The van der Waals surface area contributed by atoms with Crippen LogP contribution in [0.1, 0.15) is 132 Å². The Morgan fingerprint density at radius 3 is 1.74 bits per heavy atom. The maximum Gasteiger partial charge on any atom is 0.0249 e. The van der Waals surface area contributed by atoms with Crippen LogP contribution in [0.3, 0.4) is 0 Å². The molecule has 0 amide bonds. The van der Waals surface area contributed by atoms with Crippen LogP contribution in [-0.2, 0) is 0 Å². The van der Waals surface area contributed by atoms with Gasteiger partial charge in [0.1, 0.15) is 0 Å². The standard InChI is InChI=1S/C34H44/c1-3-5-7-9-11-13-29-15-17-31(18-16-29)19-20-32-23-27-34(28-24-32)33-25-21-30(22-26-33)14-12-10-8-6-4-2/h15-18,23-24,27-28,30,33H,3-10,12,14,21-22,25-26H2,1-2H3. The van der Waals surface area contributed by atoms with Crippen molar-refractivity contribution in [2.75, 3.05) is 0 Å². The van der Waals surface area contributed by atoms with Gasteiger partial charge in [0.05, 0.1) is 0 Å². The Balaban J connectivity index is 1.43. The second-order valence-corrected chi connectivity index (χ2v) is 10.1. The van der Waals surface area contributed by atoms with Gasteiger partial charge in [-0.3, -0.25) is 0 Å². The van der Waals surface area contributed by atoms with E-state index < -0.39 is 0 Å². The Morgan fingerprint density at radius 1 is 0.588 bits per heavy atom. The summed E-state index contributed by atoms with van der Waals surface area (Å²) in [6.07, 6.45) is 18.8. The summed E-state index contributed by atoms with van der Waals surface area (Å²) in [6.45, 7) is 4.52. The predicted octanol–water partition coefficient (Wildman–Crippen LogP) is 9.65. The van der Waals surface area contributed by atoms with Crippen LogP contribution >= 0.6 is 0 Å². The van der Waals surface area contributed by atoms with Crippen molar-refractivity contribution >= 4 is 0 Å². The van der Waals surface area contributed by atoms with Gasteiger partial charge >= 0.3 is 0 Å². The lowest BCUT2D eigenvalue weighted by atomic mass is 9.77. The molecule has 0 unspecified atom stereocenters. The average Bonchev–Trinajstić information content (AvgIpc) is 2.89. The Kier molecular flexibility index (Phi) is 11.9. The monoisotopic (exact) mass is 452 g/mol. The van der Waals surface area contributed by atoms with Crippen molar-refractivity contribution in [1.82, 2.24) is 0 Å². The lowest BCUT2D eigenvalue weighted by Crippen LogP contribution is -2.13. The van der Waals surface area contributed by atoms with E-state index in [2.05, 4.69) is 86.1 Å². The van der Waals surface area contributed by atoms with Crippen molar-refractivity contribution in [2.45, 2.75) is 110 Å². The van der Waals surface area contributed by atoms with E-state index in [0.29, 0.717) is 0 Å². The normalized spacial score (nSPS) is 17.4. The van der Waals surface area contributed by atoms with E-state index in [1.807, 2.05) is 0 Å². The number of hydrogen-bond acceptors (Lipinski definition) is 0. The second kappa shape index (κ2) is 15.5. The molecule has 0 aliphatic heterocycles. The quantitative estimate of drug-likeness (QED) is 0.248. The Labute approximate surface area is 210 Å². The third-order valence-electron chi connectivity index (χ3n) is 7.32. The van der Waals surface area contributed by atoms with E-state index in [0.717, 1.165) is 34.9 Å². The van der Waals surface area contributed by atoms with Gasteiger partial charge in [-0.1, -0.05) is 101 Å². The van der Waals surface area contributed by atoms with Crippen LogP contribution in [0.5, 0.6) is 0 Å². The zero-order valence-corrected chi connectivity index (χ0v) is 21.7. The van der Waals surface area contributed by atoms with Crippen molar-refractivity contribution < 1.29 is 0 Å². The van der Waals surface area contributed by atoms with Crippen LogP contribution in [-0.4, -0.2) is 0 Å². The van der Waals surface area contributed by atoms with Crippen LogP contribution in [0.4, 0.5) is 0 Å². The summed E-state index contributed by atoms with van der Waals surface area (Å²) in [4.78, 5) is 0.